The molecule has 4 amide bonds. The Morgan fingerprint density at radius 2 is 1.44 bits per heavy atom. The van der Waals surface area contributed by atoms with Gasteiger partial charge < -0.3 is 39.9 Å². The zero-order valence-electron chi connectivity index (χ0n) is 33.3. The lowest BCUT2D eigenvalue weighted by atomic mass is 9.95. The zero-order valence-corrected chi connectivity index (χ0v) is 33.3. The Morgan fingerprint density at radius 3 is 2.11 bits per heavy atom. The van der Waals surface area contributed by atoms with Gasteiger partial charge >= 0.3 is 12.2 Å². The molecule has 0 radical (unpaired) electrons. The smallest absolute Gasteiger partial charge is 0.407 e. The van der Waals surface area contributed by atoms with E-state index in [4.69, 9.17) is 14.5 Å². The first-order chi connectivity index (χ1) is 27.4. The van der Waals surface area contributed by atoms with Crippen LogP contribution in [0.5, 0.6) is 0 Å². The Morgan fingerprint density at radius 1 is 0.807 bits per heavy atom. The number of H-pyrrole nitrogens is 2. The highest BCUT2D eigenvalue weighted by atomic mass is 16.5. The van der Waals surface area contributed by atoms with Gasteiger partial charge in [0.05, 0.1) is 43.9 Å². The summed E-state index contributed by atoms with van der Waals surface area (Å²) in [7, 11) is 2.57. The van der Waals surface area contributed by atoms with Crippen molar-refractivity contribution >= 4 is 24.0 Å². The lowest BCUT2D eigenvalue weighted by molar-refractivity contribution is -0.135. The number of alkyl carbamates (subject to hydrolysis) is 2. The summed E-state index contributed by atoms with van der Waals surface area (Å²) < 4.78 is 9.51. The number of fused-ring (bicyclic) bond motifs is 2. The second-order valence-electron chi connectivity index (χ2n) is 15.6. The van der Waals surface area contributed by atoms with Crippen LogP contribution in [0.2, 0.25) is 0 Å². The van der Waals surface area contributed by atoms with E-state index in [9.17, 15) is 19.2 Å². The average molecular weight is 777 g/mol. The maximum absolute atomic E-state index is 13.7. The highest BCUT2D eigenvalue weighted by molar-refractivity contribution is 5.89. The number of benzene rings is 2. The minimum absolute atomic E-state index is 0.0931. The number of aromatic nitrogens is 4. The van der Waals surface area contributed by atoms with E-state index < -0.39 is 24.3 Å². The van der Waals surface area contributed by atoms with Crippen LogP contribution >= 0.6 is 0 Å². The molecular formula is C43H52N8O6. The summed E-state index contributed by atoms with van der Waals surface area (Å²) in [5.41, 5.74) is 9.29. The van der Waals surface area contributed by atoms with Crippen LogP contribution in [0.3, 0.4) is 0 Å². The third kappa shape index (κ3) is 8.16. The summed E-state index contributed by atoms with van der Waals surface area (Å²) in [6.45, 7) is 10.6. The van der Waals surface area contributed by atoms with E-state index in [-0.39, 0.29) is 29.8 Å². The molecule has 7 rings (SSSR count). The Kier molecular flexibility index (Phi) is 11.5. The topological polar surface area (TPSA) is 175 Å². The Hall–Kier alpha value is -5.92. The van der Waals surface area contributed by atoms with Crippen molar-refractivity contribution in [1.29, 1.82) is 0 Å². The minimum atomic E-state index is -0.877. The van der Waals surface area contributed by atoms with Crippen molar-refractivity contribution in [1.82, 2.24) is 40.4 Å². The van der Waals surface area contributed by atoms with E-state index in [1.54, 1.807) is 18.0 Å². The number of imidazole rings is 2. The van der Waals surface area contributed by atoms with Crippen molar-refractivity contribution in [2.45, 2.75) is 89.9 Å². The summed E-state index contributed by atoms with van der Waals surface area (Å²) in [4.78, 5) is 71.5. The van der Waals surface area contributed by atoms with Gasteiger partial charge in [-0.1, -0.05) is 62.9 Å². The molecule has 2 saturated heterocycles. The van der Waals surface area contributed by atoms with E-state index in [0.717, 1.165) is 84.5 Å². The molecule has 4 N–H and O–H groups in total. The molecule has 4 atom stereocenters. The lowest BCUT2D eigenvalue weighted by Gasteiger charge is -2.30. The molecule has 14 nitrogen and oxygen atoms in total. The van der Waals surface area contributed by atoms with E-state index in [0.29, 0.717) is 24.5 Å². The number of hydrogen-bond donors (Lipinski definition) is 4. The van der Waals surface area contributed by atoms with Gasteiger partial charge in [-0.2, -0.15) is 0 Å². The van der Waals surface area contributed by atoms with Crippen LogP contribution in [0.1, 0.15) is 92.7 Å². The van der Waals surface area contributed by atoms with Crippen LogP contribution in [0.25, 0.3) is 22.4 Å². The number of likely N-dealkylation sites (tertiary alicyclic amines) is 2. The first-order valence-electron chi connectivity index (χ1n) is 19.8. The van der Waals surface area contributed by atoms with Crippen LogP contribution in [0.15, 0.2) is 60.8 Å². The number of nitrogens with one attached hydrogen (secondary N) is 4. The maximum Gasteiger partial charge on any atom is 0.407 e. The number of carbonyl (C=O) groups is 4. The molecule has 0 unspecified atom stereocenters. The number of amides is 4. The Labute approximate surface area is 332 Å². The van der Waals surface area contributed by atoms with Gasteiger partial charge in [-0.3, -0.25) is 9.59 Å². The normalized spacial score (nSPS) is 18.6. The molecule has 0 bridgehead atoms. The molecule has 2 aromatic heterocycles. The van der Waals surface area contributed by atoms with Gasteiger partial charge in [-0.25, -0.2) is 19.6 Å². The third-order valence-corrected chi connectivity index (χ3v) is 11.5. The molecule has 57 heavy (non-hydrogen) atoms. The Balaban J connectivity index is 1.02. The van der Waals surface area contributed by atoms with Crippen molar-refractivity contribution in [3.05, 3.63) is 95.0 Å². The van der Waals surface area contributed by atoms with Crippen molar-refractivity contribution in [2.75, 3.05) is 27.3 Å². The van der Waals surface area contributed by atoms with Gasteiger partial charge in [0.15, 0.2) is 0 Å². The molecule has 0 spiro atoms. The van der Waals surface area contributed by atoms with Crippen LogP contribution in [0, 0.1) is 5.92 Å². The summed E-state index contributed by atoms with van der Waals surface area (Å²) in [6, 6.07) is 13.1. The average Bonchev–Trinajstić information content (AvgIpc) is 4.04. The summed E-state index contributed by atoms with van der Waals surface area (Å²) in [5.74, 6) is 1.08. The first-order valence-corrected chi connectivity index (χ1v) is 19.8. The largest absolute Gasteiger partial charge is 0.453 e. The van der Waals surface area contributed by atoms with Crippen LogP contribution in [-0.4, -0.2) is 93.1 Å². The highest BCUT2D eigenvalue weighted by Gasteiger charge is 2.39. The van der Waals surface area contributed by atoms with Crippen molar-refractivity contribution in [3.8, 4) is 22.4 Å². The second-order valence-corrected chi connectivity index (χ2v) is 15.6. The fourth-order valence-corrected chi connectivity index (χ4v) is 8.37. The number of hydrogen-bond acceptors (Lipinski definition) is 8. The lowest BCUT2D eigenvalue weighted by Crippen LogP contribution is -2.51. The summed E-state index contributed by atoms with van der Waals surface area (Å²) >= 11 is 0. The van der Waals surface area contributed by atoms with Crippen LogP contribution < -0.4 is 10.6 Å². The monoisotopic (exact) mass is 776 g/mol. The SMILES string of the molecule is C=C(C)[C@H](NC(=O)OC)C(=O)N1CCC[C@H]1c1ncc(-c2ccc(-c3ccc4c(c3)CCc3nc([C@@H]5CCCN5C(=O)[C@@H](NC(=O)OC)C(C)C)[nH]c3C4)cc2)[nH]1. The fourth-order valence-electron chi connectivity index (χ4n) is 8.37. The van der Waals surface area contributed by atoms with Crippen molar-refractivity contribution < 1.29 is 28.7 Å². The van der Waals surface area contributed by atoms with Gasteiger partial charge in [0.1, 0.15) is 23.7 Å². The van der Waals surface area contributed by atoms with E-state index in [2.05, 4.69) is 74.6 Å². The quantitative estimate of drug-likeness (QED) is 0.139. The zero-order chi connectivity index (χ0) is 40.4. The molecule has 2 fully saturated rings. The van der Waals surface area contributed by atoms with Crippen LogP contribution in [-0.2, 0) is 38.3 Å². The maximum atomic E-state index is 13.7. The molecular weight excluding hydrogens is 725 g/mol. The third-order valence-electron chi connectivity index (χ3n) is 11.5. The molecule has 4 aromatic rings. The number of rotatable bonds is 10. The number of methoxy groups -OCH3 is 2. The van der Waals surface area contributed by atoms with Gasteiger partial charge in [-0.05, 0) is 84.8 Å². The van der Waals surface area contributed by atoms with Gasteiger partial charge in [0.25, 0.3) is 0 Å². The highest BCUT2D eigenvalue weighted by Crippen LogP contribution is 2.36. The second kappa shape index (κ2) is 16.7. The number of aromatic amines is 2. The predicted molar refractivity (Wildman–Crippen MR) is 214 cm³/mol. The standard InChI is InChI=1S/C43H52N8O6/c1-24(2)36(48-42(54)56-5)40(52)50-19-7-9-34(50)38-44-23-33(47-38)27-13-11-26(12-14-27)28-15-16-30-22-32-31(18-17-29(30)21-28)45-39(46-32)35-10-8-20-51(35)41(53)37(25(3)4)49-43(55)57-6/h11-16,21,23,25,34-37H,1,7-10,17-20,22H2,2-6H3,(H,44,47)(H,45,46)(H,48,54)(H,49,55)/t34-,35-,36-,37-/m0/s1. The Bertz CT molecular complexity index is 2160. The van der Waals surface area contributed by atoms with Gasteiger partial charge in [0, 0.05) is 25.2 Å². The molecule has 3 aliphatic rings. The summed E-state index contributed by atoms with van der Waals surface area (Å²) in [6.07, 6.45) is 6.17. The molecule has 14 heteroatoms. The molecule has 0 saturated carbocycles. The van der Waals surface area contributed by atoms with E-state index >= 15 is 0 Å². The van der Waals surface area contributed by atoms with Gasteiger partial charge in [0.2, 0.25) is 11.8 Å². The van der Waals surface area contributed by atoms with Gasteiger partial charge in [-0.15, -0.1) is 0 Å². The number of aryl methyl sites for hydroxylation is 2. The molecule has 1 aliphatic carbocycles. The number of nitrogens with zero attached hydrogens (tertiary/aromatic N) is 4. The predicted octanol–water partition coefficient (Wildman–Crippen LogP) is 6.16. The van der Waals surface area contributed by atoms with Crippen molar-refractivity contribution in [2.24, 2.45) is 5.92 Å². The fraction of sp³-hybridized carbons (Fsp3) is 0.442. The van der Waals surface area contributed by atoms with Crippen molar-refractivity contribution in [3.63, 3.8) is 0 Å². The number of carbonyl (C=O) groups excluding carboxylic acids is 4. The van der Waals surface area contributed by atoms with E-state index in [1.165, 1.54) is 25.3 Å². The molecule has 4 heterocycles. The molecule has 2 aromatic carbocycles. The van der Waals surface area contributed by atoms with Crippen LogP contribution in [0.4, 0.5) is 9.59 Å². The molecule has 300 valence electrons. The first kappa shape index (κ1) is 39.3. The van der Waals surface area contributed by atoms with E-state index in [1.807, 2.05) is 18.7 Å². The number of ether oxygens (including phenoxy) is 2. The minimum Gasteiger partial charge on any atom is -0.453 e. The molecule has 2 aliphatic heterocycles. The summed E-state index contributed by atoms with van der Waals surface area (Å²) in [5, 5.41) is 5.33.